The molecule has 1 aromatic heterocycles. The Labute approximate surface area is 125 Å². The minimum Gasteiger partial charge on any atom is -0.399 e. The van der Waals surface area contributed by atoms with Gasteiger partial charge in [0.05, 0.1) is 17.3 Å². The van der Waals surface area contributed by atoms with E-state index in [1.165, 1.54) is 12.4 Å². The van der Waals surface area contributed by atoms with E-state index in [0.29, 0.717) is 21.4 Å². The quantitative estimate of drug-likeness (QED) is 0.821. The molecule has 106 valence electrons. The molecule has 6 nitrogen and oxygen atoms in total. The second kappa shape index (κ2) is 5.37. The predicted molar refractivity (Wildman–Crippen MR) is 80.9 cm³/mol. The molecular formula is C12H13BrN4O2S. The van der Waals surface area contributed by atoms with E-state index in [0.717, 1.165) is 0 Å². The van der Waals surface area contributed by atoms with Gasteiger partial charge in [0.1, 0.15) is 4.60 Å². The number of nitrogens with zero attached hydrogens (tertiary/aromatic N) is 2. The Hall–Kier alpha value is -1.67. The third kappa shape index (κ3) is 3.07. The van der Waals surface area contributed by atoms with Crippen molar-refractivity contribution in [3.05, 3.63) is 40.3 Å². The zero-order chi connectivity index (χ0) is 14.9. The molecule has 8 heteroatoms. The molecule has 1 aromatic carbocycles. The molecule has 20 heavy (non-hydrogen) atoms. The Morgan fingerprint density at radius 3 is 2.25 bits per heavy atom. The molecule has 0 bridgehead atoms. The maximum Gasteiger partial charge on any atom is 0.263 e. The highest BCUT2D eigenvalue weighted by atomic mass is 79.9. The first-order chi connectivity index (χ1) is 9.29. The third-order valence-electron chi connectivity index (χ3n) is 2.61. The van der Waals surface area contributed by atoms with Gasteiger partial charge in [-0.3, -0.25) is 4.72 Å². The average Bonchev–Trinajstić information content (AvgIpc) is 2.30. The number of anilines is 2. The number of hydrogen-bond donors (Lipinski definition) is 2. The molecule has 0 aliphatic heterocycles. The summed E-state index contributed by atoms with van der Waals surface area (Å²) in [6, 6.07) is 3.24. The lowest BCUT2D eigenvalue weighted by atomic mass is 10.1. The number of nitrogens with one attached hydrogen (secondary N) is 1. The lowest BCUT2D eigenvalue weighted by Gasteiger charge is -2.13. The SMILES string of the molecule is Cc1cc(N)cc(C)c1S(=O)(=O)Nc1cnc(Br)cn1. The van der Waals surface area contributed by atoms with Crippen molar-refractivity contribution < 1.29 is 8.42 Å². The lowest BCUT2D eigenvalue weighted by molar-refractivity contribution is 0.600. The van der Waals surface area contributed by atoms with Gasteiger partial charge < -0.3 is 5.73 Å². The fraction of sp³-hybridized carbons (Fsp3) is 0.167. The molecule has 0 aliphatic carbocycles. The molecule has 0 spiro atoms. The van der Waals surface area contributed by atoms with Gasteiger partial charge in [-0.1, -0.05) is 0 Å². The van der Waals surface area contributed by atoms with Crippen LogP contribution in [0.5, 0.6) is 0 Å². The number of nitrogen functional groups attached to an aromatic ring is 1. The normalized spacial score (nSPS) is 11.3. The molecular weight excluding hydrogens is 344 g/mol. The second-order valence-electron chi connectivity index (χ2n) is 4.31. The number of benzene rings is 1. The summed E-state index contributed by atoms with van der Waals surface area (Å²) >= 11 is 3.14. The standard InChI is InChI=1S/C12H13BrN4O2S/c1-7-3-9(14)4-8(2)12(7)20(18,19)17-11-6-15-10(13)5-16-11/h3-6H,14H2,1-2H3,(H,16,17). The van der Waals surface area contributed by atoms with Crippen LogP contribution in [0.3, 0.4) is 0 Å². The third-order valence-corrected chi connectivity index (χ3v) is 4.68. The van der Waals surface area contributed by atoms with E-state index in [2.05, 4.69) is 30.6 Å². The number of aryl methyl sites for hydroxylation is 2. The Balaban J connectivity index is 2.43. The van der Waals surface area contributed by atoms with Crippen molar-refractivity contribution in [3.63, 3.8) is 0 Å². The predicted octanol–water partition coefficient (Wildman–Crippen LogP) is 2.24. The average molecular weight is 357 g/mol. The van der Waals surface area contributed by atoms with Crippen molar-refractivity contribution in [2.45, 2.75) is 18.7 Å². The van der Waals surface area contributed by atoms with Crippen LogP contribution in [0.1, 0.15) is 11.1 Å². The van der Waals surface area contributed by atoms with Crippen molar-refractivity contribution in [1.82, 2.24) is 9.97 Å². The van der Waals surface area contributed by atoms with Crippen LogP contribution in [0.2, 0.25) is 0 Å². The van der Waals surface area contributed by atoms with E-state index in [1.54, 1.807) is 26.0 Å². The number of nitrogens with two attached hydrogens (primary N) is 1. The minimum absolute atomic E-state index is 0.156. The maximum atomic E-state index is 12.4. The van der Waals surface area contributed by atoms with Crippen LogP contribution >= 0.6 is 15.9 Å². The minimum atomic E-state index is -3.73. The molecule has 0 radical (unpaired) electrons. The number of hydrogen-bond acceptors (Lipinski definition) is 5. The summed E-state index contributed by atoms with van der Waals surface area (Å²) in [5.41, 5.74) is 7.39. The van der Waals surface area contributed by atoms with E-state index in [9.17, 15) is 8.42 Å². The second-order valence-corrected chi connectivity index (χ2v) is 6.75. The van der Waals surface area contributed by atoms with Crippen molar-refractivity contribution >= 4 is 37.5 Å². The highest BCUT2D eigenvalue weighted by molar-refractivity contribution is 9.10. The Morgan fingerprint density at radius 1 is 1.15 bits per heavy atom. The number of aromatic nitrogens is 2. The van der Waals surface area contributed by atoms with Gasteiger partial charge in [0, 0.05) is 5.69 Å². The van der Waals surface area contributed by atoms with E-state index in [4.69, 9.17) is 5.73 Å². The number of rotatable bonds is 3. The molecule has 0 saturated carbocycles. The van der Waals surface area contributed by atoms with Gasteiger partial charge in [0.25, 0.3) is 10.0 Å². The molecule has 0 aliphatic rings. The summed E-state index contributed by atoms with van der Waals surface area (Å²) in [5.74, 6) is 0.156. The highest BCUT2D eigenvalue weighted by Gasteiger charge is 2.20. The van der Waals surface area contributed by atoms with Gasteiger partial charge in [-0.2, -0.15) is 0 Å². The van der Waals surface area contributed by atoms with Gasteiger partial charge in [0.15, 0.2) is 5.82 Å². The smallest absolute Gasteiger partial charge is 0.263 e. The largest absolute Gasteiger partial charge is 0.399 e. The Bertz CT molecular complexity index is 722. The molecule has 0 amide bonds. The topological polar surface area (TPSA) is 98.0 Å². The van der Waals surface area contributed by atoms with Crippen LogP contribution in [0.4, 0.5) is 11.5 Å². The van der Waals surface area contributed by atoms with Crippen LogP contribution in [0.15, 0.2) is 34.0 Å². The van der Waals surface area contributed by atoms with Gasteiger partial charge >= 0.3 is 0 Å². The summed E-state index contributed by atoms with van der Waals surface area (Å²) < 4.78 is 27.7. The zero-order valence-electron chi connectivity index (χ0n) is 10.9. The van der Waals surface area contributed by atoms with E-state index in [1.807, 2.05) is 0 Å². The van der Waals surface area contributed by atoms with Crippen molar-refractivity contribution in [1.29, 1.82) is 0 Å². The summed E-state index contributed by atoms with van der Waals surface area (Å²) in [7, 11) is -3.73. The van der Waals surface area contributed by atoms with Crippen molar-refractivity contribution in [2.75, 3.05) is 10.5 Å². The molecule has 0 fully saturated rings. The highest BCUT2D eigenvalue weighted by Crippen LogP contribution is 2.24. The summed E-state index contributed by atoms with van der Waals surface area (Å²) in [4.78, 5) is 8.07. The first-order valence-corrected chi connectivity index (χ1v) is 7.94. The lowest BCUT2D eigenvalue weighted by Crippen LogP contribution is -2.17. The molecule has 1 heterocycles. The van der Waals surface area contributed by atoms with Crippen LogP contribution < -0.4 is 10.5 Å². The number of sulfonamides is 1. The summed E-state index contributed by atoms with van der Waals surface area (Å²) in [5, 5.41) is 0. The van der Waals surface area contributed by atoms with Gasteiger partial charge in [-0.05, 0) is 53.0 Å². The van der Waals surface area contributed by atoms with Crippen molar-refractivity contribution in [2.24, 2.45) is 0 Å². The van der Waals surface area contributed by atoms with Crippen LogP contribution in [0.25, 0.3) is 0 Å². The fourth-order valence-corrected chi connectivity index (χ4v) is 3.61. The van der Waals surface area contributed by atoms with Crippen LogP contribution in [-0.2, 0) is 10.0 Å². The molecule has 0 unspecified atom stereocenters. The first kappa shape index (κ1) is 14.7. The van der Waals surface area contributed by atoms with Crippen LogP contribution in [0, 0.1) is 13.8 Å². The zero-order valence-corrected chi connectivity index (χ0v) is 13.3. The molecule has 2 rings (SSSR count). The monoisotopic (exact) mass is 356 g/mol. The maximum absolute atomic E-state index is 12.4. The van der Waals surface area contributed by atoms with Gasteiger partial charge in [0.2, 0.25) is 0 Å². The van der Waals surface area contributed by atoms with E-state index >= 15 is 0 Å². The van der Waals surface area contributed by atoms with Crippen LogP contribution in [-0.4, -0.2) is 18.4 Å². The molecule has 2 aromatic rings. The summed E-state index contributed by atoms with van der Waals surface area (Å²) in [6.07, 6.45) is 2.75. The van der Waals surface area contributed by atoms with Gasteiger partial charge in [-0.25, -0.2) is 18.4 Å². The summed E-state index contributed by atoms with van der Waals surface area (Å²) in [6.45, 7) is 3.40. The number of halogens is 1. The van der Waals surface area contributed by atoms with Gasteiger partial charge in [-0.15, -0.1) is 0 Å². The Kier molecular flexibility index (Phi) is 3.96. The molecule has 3 N–H and O–H groups in total. The van der Waals surface area contributed by atoms with E-state index < -0.39 is 10.0 Å². The Morgan fingerprint density at radius 2 is 1.75 bits per heavy atom. The fourth-order valence-electron chi connectivity index (χ4n) is 1.96. The first-order valence-electron chi connectivity index (χ1n) is 5.66. The van der Waals surface area contributed by atoms with E-state index in [-0.39, 0.29) is 10.7 Å². The molecule has 0 atom stereocenters. The van der Waals surface area contributed by atoms with Crippen molar-refractivity contribution in [3.8, 4) is 0 Å². The molecule has 0 saturated heterocycles.